The minimum atomic E-state index is -0.437. The lowest BCUT2D eigenvalue weighted by atomic mass is 9.83. The van der Waals surface area contributed by atoms with Gasteiger partial charge in [0.15, 0.2) is 4.80 Å². The number of aromatic nitrogens is 1. The van der Waals surface area contributed by atoms with Crippen LogP contribution in [0.15, 0.2) is 88.2 Å². The standard InChI is InChI=1S/C28H21N3O4S/c1-35-21-10-5-8-19(16-21)26-23-13-12-18-7-2-3-11-22(18)25(23)29-28-30(26)27(32)24(36-28)15-17-6-4-9-20(14-17)31(33)34/h2-11,14-16,26H,12-13H2,1H3/b24-15+/t26-/m1/s1. The van der Waals surface area contributed by atoms with E-state index in [1.807, 2.05) is 36.4 Å². The van der Waals surface area contributed by atoms with E-state index < -0.39 is 4.92 Å². The van der Waals surface area contributed by atoms with Crippen molar-refractivity contribution in [2.24, 2.45) is 4.99 Å². The molecule has 4 aromatic rings. The smallest absolute Gasteiger partial charge is 0.271 e. The third-order valence-corrected chi connectivity index (χ3v) is 7.64. The monoisotopic (exact) mass is 495 g/mol. The predicted molar refractivity (Wildman–Crippen MR) is 139 cm³/mol. The van der Waals surface area contributed by atoms with Gasteiger partial charge < -0.3 is 4.74 Å². The first kappa shape index (κ1) is 22.2. The Kier molecular flexibility index (Phi) is 5.38. The average molecular weight is 496 g/mol. The summed E-state index contributed by atoms with van der Waals surface area (Å²) in [5, 5.41) is 11.2. The van der Waals surface area contributed by atoms with E-state index in [4.69, 9.17) is 9.73 Å². The van der Waals surface area contributed by atoms with E-state index in [1.165, 1.54) is 29.0 Å². The summed E-state index contributed by atoms with van der Waals surface area (Å²) in [6, 6.07) is 22.1. The van der Waals surface area contributed by atoms with Crippen LogP contribution < -0.4 is 19.6 Å². The number of fused-ring (bicyclic) bond motifs is 3. The minimum absolute atomic E-state index is 0.0159. The van der Waals surface area contributed by atoms with Gasteiger partial charge in [0.1, 0.15) is 5.75 Å². The number of rotatable bonds is 4. The van der Waals surface area contributed by atoms with Gasteiger partial charge in [0.05, 0.1) is 28.3 Å². The lowest BCUT2D eigenvalue weighted by Gasteiger charge is -2.31. The molecule has 2 heterocycles. The number of allylic oxidation sites excluding steroid dienone is 1. The first-order valence-electron chi connectivity index (χ1n) is 11.5. The maximum atomic E-state index is 13.8. The Morgan fingerprint density at radius 3 is 2.75 bits per heavy atom. The number of methoxy groups -OCH3 is 1. The second-order valence-corrected chi connectivity index (χ2v) is 9.75. The van der Waals surface area contributed by atoms with Crippen molar-refractivity contribution in [2.75, 3.05) is 7.11 Å². The Hall–Kier alpha value is -4.30. The molecule has 8 heteroatoms. The molecule has 0 radical (unpaired) electrons. The van der Waals surface area contributed by atoms with Crippen LogP contribution in [0.2, 0.25) is 0 Å². The fraction of sp³-hybridized carbons (Fsp3) is 0.143. The summed E-state index contributed by atoms with van der Waals surface area (Å²) in [6.07, 6.45) is 3.38. The Bertz CT molecular complexity index is 1750. The third-order valence-electron chi connectivity index (χ3n) is 6.66. The van der Waals surface area contributed by atoms with Crippen molar-refractivity contribution >= 4 is 28.8 Å². The molecule has 1 atom stereocenters. The van der Waals surface area contributed by atoms with E-state index in [0.717, 1.165) is 41.0 Å². The first-order valence-corrected chi connectivity index (χ1v) is 12.4. The molecule has 7 nitrogen and oxygen atoms in total. The van der Waals surface area contributed by atoms with Crippen molar-refractivity contribution in [3.8, 4) is 5.75 Å². The second-order valence-electron chi connectivity index (χ2n) is 8.74. The van der Waals surface area contributed by atoms with Gasteiger partial charge >= 0.3 is 0 Å². The van der Waals surface area contributed by atoms with Gasteiger partial charge in [-0.1, -0.05) is 59.9 Å². The lowest BCUT2D eigenvalue weighted by molar-refractivity contribution is -0.384. The molecule has 1 aliphatic carbocycles. The lowest BCUT2D eigenvalue weighted by Crippen LogP contribution is -2.38. The topological polar surface area (TPSA) is 86.7 Å². The summed E-state index contributed by atoms with van der Waals surface area (Å²) in [4.78, 5) is 30.2. The van der Waals surface area contributed by atoms with Gasteiger partial charge in [-0.2, -0.15) is 0 Å². The van der Waals surface area contributed by atoms with E-state index >= 15 is 0 Å². The zero-order valence-electron chi connectivity index (χ0n) is 19.4. The molecule has 2 aliphatic rings. The summed E-state index contributed by atoms with van der Waals surface area (Å²) < 4.78 is 7.73. The van der Waals surface area contributed by atoms with Crippen LogP contribution in [0.4, 0.5) is 5.69 Å². The van der Waals surface area contributed by atoms with Crippen LogP contribution in [0.1, 0.15) is 34.7 Å². The minimum Gasteiger partial charge on any atom is -0.497 e. The number of nitrogens with zero attached hydrogens (tertiary/aromatic N) is 3. The van der Waals surface area contributed by atoms with Crippen LogP contribution in [0.25, 0.3) is 11.8 Å². The van der Waals surface area contributed by atoms with E-state index in [1.54, 1.807) is 29.9 Å². The van der Waals surface area contributed by atoms with Crippen molar-refractivity contribution in [3.05, 3.63) is 130 Å². The summed E-state index contributed by atoms with van der Waals surface area (Å²) in [7, 11) is 1.63. The van der Waals surface area contributed by atoms with Crippen molar-refractivity contribution in [3.63, 3.8) is 0 Å². The number of ether oxygens (including phenoxy) is 1. The van der Waals surface area contributed by atoms with Crippen LogP contribution in [0, 0.1) is 10.1 Å². The molecule has 0 saturated carbocycles. The molecule has 0 fully saturated rings. The largest absolute Gasteiger partial charge is 0.497 e. The number of hydrogen-bond acceptors (Lipinski definition) is 6. The number of hydrogen-bond donors (Lipinski definition) is 0. The highest BCUT2D eigenvalue weighted by molar-refractivity contribution is 7.07. The van der Waals surface area contributed by atoms with Gasteiger partial charge in [-0.25, -0.2) is 4.99 Å². The molecule has 0 spiro atoms. The molecular formula is C28H21N3O4S. The molecule has 178 valence electrons. The number of non-ortho nitro benzene ring substituents is 1. The molecule has 36 heavy (non-hydrogen) atoms. The van der Waals surface area contributed by atoms with Gasteiger partial charge in [0.25, 0.3) is 11.2 Å². The average Bonchev–Trinajstić information content (AvgIpc) is 3.21. The van der Waals surface area contributed by atoms with Crippen molar-refractivity contribution in [1.29, 1.82) is 0 Å². The Morgan fingerprint density at radius 2 is 1.92 bits per heavy atom. The summed E-state index contributed by atoms with van der Waals surface area (Å²) >= 11 is 1.30. The maximum Gasteiger partial charge on any atom is 0.271 e. The zero-order valence-corrected chi connectivity index (χ0v) is 20.2. The highest BCUT2D eigenvalue weighted by Gasteiger charge is 2.32. The van der Waals surface area contributed by atoms with Crippen LogP contribution in [0.5, 0.6) is 5.75 Å². The molecular weight excluding hydrogens is 474 g/mol. The number of nitro groups is 1. The van der Waals surface area contributed by atoms with Crippen molar-refractivity contribution in [1.82, 2.24) is 4.57 Å². The molecule has 1 aliphatic heterocycles. The van der Waals surface area contributed by atoms with Crippen molar-refractivity contribution in [2.45, 2.75) is 18.9 Å². The summed E-state index contributed by atoms with van der Waals surface area (Å²) in [5.41, 5.74) is 5.76. The fourth-order valence-corrected chi connectivity index (χ4v) is 6.01. The van der Waals surface area contributed by atoms with E-state index in [2.05, 4.69) is 12.1 Å². The van der Waals surface area contributed by atoms with Gasteiger partial charge in [0.2, 0.25) is 0 Å². The fourth-order valence-electron chi connectivity index (χ4n) is 5.01. The maximum absolute atomic E-state index is 13.8. The summed E-state index contributed by atoms with van der Waals surface area (Å²) in [6.45, 7) is 0. The molecule has 1 aromatic heterocycles. The van der Waals surface area contributed by atoms with Crippen LogP contribution >= 0.6 is 11.3 Å². The van der Waals surface area contributed by atoms with Crippen LogP contribution in [-0.4, -0.2) is 16.6 Å². The van der Waals surface area contributed by atoms with Crippen molar-refractivity contribution < 1.29 is 9.66 Å². The quantitative estimate of drug-likeness (QED) is 0.313. The molecule has 0 unspecified atom stereocenters. The number of nitro benzene ring substituents is 1. The summed E-state index contributed by atoms with van der Waals surface area (Å²) in [5.74, 6) is 0.724. The van der Waals surface area contributed by atoms with E-state index in [9.17, 15) is 14.9 Å². The molecule has 0 saturated heterocycles. The second kappa shape index (κ2) is 8.73. The molecule has 0 N–H and O–H groups in total. The normalized spacial score (nSPS) is 16.6. The van der Waals surface area contributed by atoms with Crippen LogP contribution in [-0.2, 0) is 6.42 Å². The SMILES string of the molecule is COc1cccc([C@@H]2C3=C(N=c4s/c(=C/c5cccc([N+](=O)[O-])c5)c(=O)n42)c2ccccc2CC3)c1. The van der Waals surface area contributed by atoms with Crippen LogP contribution in [0.3, 0.4) is 0 Å². The highest BCUT2D eigenvalue weighted by Crippen LogP contribution is 2.41. The number of aryl methyl sites for hydroxylation is 1. The Morgan fingerprint density at radius 1 is 1.08 bits per heavy atom. The van der Waals surface area contributed by atoms with E-state index in [0.29, 0.717) is 14.9 Å². The van der Waals surface area contributed by atoms with Gasteiger partial charge in [-0.05, 0) is 53.3 Å². The number of thiazole rings is 1. The number of benzene rings is 3. The van der Waals surface area contributed by atoms with Gasteiger partial charge in [-0.15, -0.1) is 0 Å². The van der Waals surface area contributed by atoms with E-state index in [-0.39, 0.29) is 17.3 Å². The first-order chi connectivity index (χ1) is 17.5. The predicted octanol–water partition coefficient (Wildman–Crippen LogP) is 4.24. The molecule has 0 amide bonds. The molecule has 3 aromatic carbocycles. The molecule has 0 bridgehead atoms. The zero-order chi connectivity index (χ0) is 24.8. The van der Waals surface area contributed by atoms with Gasteiger partial charge in [0, 0.05) is 17.7 Å². The molecule has 6 rings (SSSR count). The Labute approximate surface area is 210 Å². The van der Waals surface area contributed by atoms with Gasteiger partial charge in [-0.3, -0.25) is 19.5 Å². The Balaban J connectivity index is 1.61. The third kappa shape index (κ3) is 3.67. The highest BCUT2D eigenvalue weighted by atomic mass is 32.1.